The quantitative estimate of drug-likeness (QED) is 0.574. The van der Waals surface area contributed by atoms with Gasteiger partial charge in [-0.3, -0.25) is 9.69 Å². The second kappa shape index (κ2) is 9.82. The maximum absolute atomic E-state index is 13.2. The largest absolute Gasteiger partial charge is 0.481 e. The molecular weight excluding hydrogens is 443 g/mol. The lowest BCUT2D eigenvalue weighted by atomic mass is 9.94. The van der Waals surface area contributed by atoms with Gasteiger partial charge in [-0.05, 0) is 41.0 Å². The van der Waals surface area contributed by atoms with Crippen molar-refractivity contribution < 1.29 is 22.7 Å². The standard InChI is InChI=1S/C25H25FN2O4S/c26-22-9-11-23(12-10-22)33(31,32)28-15-13-27(14-16-28)25(20-6-2-1-3-7-20)21-8-4-5-19(17-21)18-24(29)30/h1-12,17,25H,13-16,18H2,(H,29,30)/t25-/m1/s1. The number of nitrogens with zero attached hydrogens (tertiary/aromatic N) is 2. The maximum Gasteiger partial charge on any atom is 0.307 e. The molecule has 0 unspecified atom stereocenters. The van der Waals surface area contributed by atoms with E-state index in [1.165, 1.54) is 16.4 Å². The highest BCUT2D eigenvalue weighted by molar-refractivity contribution is 7.89. The van der Waals surface area contributed by atoms with Crippen molar-refractivity contribution in [2.45, 2.75) is 17.4 Å². The van der Waals surface area contributed by atoms with E-state index in [0.29, 0.717) is 26.2 Å². The molecule has 3 aromatic carbocycles. The van der Waals surface area contributed by atoms with Crippen LogP contribution in [0.15, 0.2) is 83.8 Å². The summed E-state index contributed by atoms with van der Waals surface area (Å²) in [6.07, 6.45) is -0.0565. The fourth-order valence-corrected chi connectivity index (χ4v) is 5.68. The lowest BCUT2D eigenvalue weighted by Crippen LogP contribution is -2.49. The molecule has 172 valence electrons. The van der Waals surface area contributed by atoms with Gasteiger partial charge in [-0.25, -0.2) is 12.8 Å². The molecule has 1 saturated heterocycles. The van der Waals surface area contributed by atoms with E-state index in [2.05, 4.69) is 4.90 Å². The summed E-state index contributed by atoms with van der Waals surface area (Å²) in [5.41, 5.74) is 2.74. The minimum absolute atomic E-state index is 0.0565. The Morgan fingerprint density at radius 2 is 1.52 bits per heavy atom. The summed E-state index contributed by atoms with van der Waals surface area (Å²) in [6, 6.07) is 22.2. The van der Waals surface area contributed by atoms with Crippen LogP contribution in [-0.2, 0) is 21.2 Å². The third-order valence-corrected chi connectivity index (χ3v) is 7.74. The zero-order chi connectivity index (χ0) is 23.4. The van der Waals surface area contributed by atoms with E-state index in [-0.39, 0.29) is 17.4 Å². The van der Waals surface area contributed by atoms with Crippen molar-refractivity contribution in [1.82, 2.24) is 9.21 Å². The Kier molecular flexibility index (Phi) is 6.88. The van der Waals surface area contributed by atoms with Crippen LogP contribution in [-0.4, -0.2) is 54.9 Å². The lowest BCUT2D eigenvalue weighted by Gasteiger charge is -2.39. The van der Waals surface area contributed by atoms with Crippen LogP contribution in [0.1, 0.15) is 22.7 Å². The number of carbonyl (C=O) groups is 1. The molecule has 1 N–H and O–H groups in total. The van der Waals surface area contributed by atoms with Gasteiger partial charge < -0.3 is 5.11 Å². The van der Waals surface area contributed by atoms with Gasteiger partial charge >= 0.3 is 5.97 Å². The predicted molar refractivity (Wildman–Crippen MR) is 123 cm³/mol. The second-order valence-corrected chi connectivity index (χ2v) is 9.96. The molecule has 4 rings (SSSR count). The Balaban J connectivity index is 1.58. The van der Waals surface area contributed by atoms with Crippen LogP contribution in [0.3, 0.4) is 0 Å². The third-order valence-electron chi connectivity index (χ3n) is 5.83. The number of halogens is 1. The van der Waals surface area contributed by atoms with Crippen LogP contribution in [0.25, 0.3) is 0 Å². The molecule has 0 saturated carbocycles. The summed E-state index contributed by atoms with van der Waals surface area (Å²) in [4.78, 5) is 13.5. The Labute approximate surface area is 192 Å². The first kappa shape index (κ1) is 23.1. The second-order valence-electron chi connectivity index (χ2n) is 8.02. The molecule has 0 aromatic heterocycles. The first-order chi connectivity index (χ1) is 15.8. The van der Waals surface area contributed by atoms with Gasteiger partial charge in [-0.15, -0.1) is 0 Å². The summed E-state index contributed by atoms with van der Waals surface area (Å²) < 4.78 is 40.6. The molecule has 0 aliphatic carbocycles. The molecule has 0 bridgehead atoms. The molecule has 33 heavy (non-hydrogen) atoms. The number of piperazine rings is 1. The summed E-state index contributed by atoms with van der Waals surface area (Å²) >= 11 is 0. The number of carboxylic acid groups (broad SMARTS) is 1. The van der Waals surface area contributed by atoms with Gasteiger partial charge in [0.05, 0.1) is 17.4 Å². The zero-order valence-electron chi connectivity index (χ0n) is 18.0. The Bertz CT molecular complexity index is 1210. The number of sulfonamides is 1. The van der Waals surface area contributed by atoms with Crippen LogP contribution < -0.4 is 0 Å². The van der Waals surface area contributed by atoms with Gasteiger partial charge in [0.1, 0.15) is 5.82 Å². The highest BCUT2D eigenvalue weighted by Gasteiger charge is 2.32. The lowest BCUT2D eigenvalue weighted by molar-refractivity contribution is -0.136. The van der Waals surface area contributed by atoms with Crippen molar-refractivity contribution in [1.29, 1.82) is 0 Å². The predicted octanol–water partition coefficient (Wildman–Crippen LogP) is 3.55. The monoisotopic (exact) mass is 468 g/mol. The smallest absolute Gasteiger partial charge is 0.307 e. The van der Waals surface area contributed by atoms with Crippen LogP contribution in [0, 0.1) is 5.82 Å². The highest BCUT2D eigenvalue weighted by atomic mass is 32.2. The number of hydrogen-bond acceptors (Lipinski definition) is 4. The van der Waals surface area contributed by atoms with E-state index in [0.717, 1.165) is 28.8 Å². The van der Waals surface area contributed by atoms with Crippen molar-refractivity contribution in [3.8, 4) is 0 Å². The average Bonchev–Trinajstić information content (AvgIpc) is 2.80. The van der Waals surface area contributed by atoms with Crippen LogP contribution in [0.4, 0.5) is 4.39 Å². The van der Waals surface area contributed by atoms with Crippen molar-refractivity contribution in [2.24, 2.45) is 0 Å². The minimum Gasteiger partial charge on any atom is -0.481 e. The fraction of sp³-hybridized carbons (Fsp3) is 0.240. The van der Waals surface area contributed by atoms with Gasteiger partial charge in [0, 0.05) is 26.2 Å². The normalized spacial score (nSPS) is 16.4. The maximum atomic E-state index is 13.2. The molecule has 1 aliphatic heterocycles. The summed E-state index contributed by atoms with van der Waals surface area (Å²) in [6.45, 7) is 1.61. The molecule has 3 aromatic rings. The van der Waals surface area contributed by atoms with Crippen molar-refractivity contribution in [3.05, 3.63) is 101 Å². The summed E-state index contributed by atoms with van der Waals surface area (Å²) in [7, 11) is -3.70. The Morgan fingerprint density at radius 1 is 0.879 bits per heavy atom. The number of benzene rings is 3. The van der Waals surface area contributed by atoms with Crippen molar-refractivity contribution >= 4 is 16.0 Å². The van der Waals surface area contributed by atoms with Crippen LogP contribution in [0.5, 0.6) is 0 Å². The first-order valence-corrected chi connectivity index (χ1v) is 12.1. The molecule has 1 fully saturated rings. The SMILES string of the molecule is O=C(O)Cc1cccc([C@@H](c2ccccc2)N2CCN(S(=O)(=O)c3ccc(F)cc3)CC2)c1. The summed E-state index contributed by atoms with van der Waals surface area (Å²) in [5.74, 6) is -1.36. The third kappa shape index (κ3) is 5.30. The fourth-order valence-electron chi connectivity index (χ4n) is 4.25. The van der Waals surface area contributed by atoms with Gasteiger partial charge in [0.15, 0.2) is 0 Å². The van der Waals surface area contributed by atoms with E-state index in [4.69, 9.17) is 0 Å². The minimum atomic E-state index is -3.70. The molecule has 1 heterocycles. The summed E-state index contributed by atoms with van der Waals surface area (Å²) in [5, 5.41) is 9.18. The van der Waals surface area contributed by atoms with Crippen molar-refractivity contribution in [2.75, 3.05) is 26.2 Å². The molecular formula is C25H25FN2O4S. The molecule has 1 atom stereocenters. The van der Waals surface area contributed by atoms with Crippen LogP contribution in [0.2, 0.25) is 0 Å². The van der Waals surface area contributed by atoms with Gasteiger partial charge in [-0.2, -0.15) is 4.31 Å². The topological polar surface area (TPSA) is 77.9 Å². The van der Waals surface area contributed by atoms with E-state index < -0.39 is 21.8 Å². The van der Waals surface area contributed by atoms with Crippen LogP contribution >= 0.6 is 0 Å². The number of aliphatic carboxylic acids is 1. The molecule has 0 radical (unpaired) electrons. The molecule has 6 nitrogen and oxygen atoms in total. The molecule has 8 heteroatoms. The molecule has 0 amide bonds. The molecule has 1 aliphatic rings. The van der Waals surface area contributed by atoms with E-state index >= 15 is 0 Å². The van der Waals surface area contributed by atoms with Gasteiger partial charge in [-0.1, -0.05) is 54.6 Å². The number of hydrogen-bond donors (Lipinski definition) is 1. The first-order valence-electron chi connectivity index (χ1n) is 10.7. The van der Waals surface area contributed by atoms with E-state index in [1.54, 1.807) is 6.07 Å². The Morgan fingerprint density at radius 3 is 2.15 bits per heavy atom. The van der Waals surface area contributed by atoms with Crippen molar-refractivity contribution in [3.63, 3.8) is 0 Å². The van der Waals surface area contributed by atoms with E-state index in [1.807, 2.05) is 48.5 Å². The van der Waals surface area contributed by atoms with E-state index in [9.17, 15) is 22.7 Å². The average molecular weight is 469 g/mol. The highest BCUT2D eigenvalue weighted by Crippen LogP contribution is 2.31. The van der Waals surface area contributed by atoms with Gasteiger partial charge in [0.25, 0.3) is 0 Å². The van der Waals surface area contributed by atoms with Gasteiger partial charge in [0.2, 0.25) is 10.0 Å². The number of carboxylic acids is 1. The zero-order valence-corrected chi connectivity index (χ0v) is 18.8. The molecule has 0 spiro atoms. The number of rotatable bonds is 7. The Hall–Kier alpha value is -3.07.